The zero-order valence-electron chi connectivity index (χ0n) is 7.02. The van der Waals surface area contributed by atoms with E-state index in [0.717, 1.165) is 8.95 Å². The van der Waals surface area contributed by atoms with Crippen LogP contribution < -0.4 is 4.84 Å². The summed E-state index contributed by atoms with van der Waals surface area (Å²) in [7, 11) is 0. The zero-order chi connectivity index (χ0) is 9.97. The van der Waals surface area contributed by atoms with Crippen LogP contribution in [0.4, 0.5) is 0 Å². The summed E-state index contributed by atoms with van der Waals surface area (Å²) in [4.78, 5) is 6.85. The van der Waals surface area contributed by atoms with Gasteiger partial charge in [0.1, 0.15) is 0 Å². The molecule has 0 saturated heterocycles. The van der Waals surface area contributed by atoms with E-state index in [-0.39, 0.29) is 0 Å². The fourth-order valence-corrected chi connectivity index (χ4v) is 1.62. The first-order valence-electron chi connectivity index (χ1n) is 3.89. The molecule has 0 aliphatic heterocycles. The predicted molar refractivity (Wildman–Crippen MR) is 60.1 cm³/mol. The lowest BCUT2D eigenvalue weighted by atomic mass is 10.3. The van der Waals surface area contributed by atoms with Gasteiger partial charge in [-0.3, -0.25) is 0 Å². The van der Waals surface area contributed by atoms with Crippen molar-refractivity contribution >= 4 is 31.9 Å². The highest BCUT2D eigenvalue weighted by atomic mass is 79.9. The molecule has 0 atom stereocenters. The van der Waals surface area contributed by atoms with Crippen LogP contribution in [-0.4, -0.2) is 9.94 Å². The van der Waals surface area contributed by atoms with Crippen molar-refractivity contribution < 1.29 is 4.84 Å². The van der Waals surface area contributed by atoms with E-state index in [0.29, 0.717) is 5.75 Å². The van der Waals surface area contributed by atoms with Crippen molar-refractivity contribution in [3.8, 4) is 5.75 Å². The fraction of sp³-hybridized carbons (Fsp3) is 0. The van der Waals surface area contributed by atoms with Crippen molar-refractivity contribution in [2.45, 2.75) is 0 Å². The first-order valence-corrected chi connectivity index (χ1v) is 5.47. The molecule has 0 bridgehead atoms. The topological polar surface area (TPSA) is 27.1 Å². The van der Waals surface area contributed by atoms with Gasteiger partial charge in [-0.25, -0.2) is 0 Å². The Labute approximate surface area is 97.9 Å². The van der Waals surface area contributed by atoms with Crippen molar-refractivity contribution in [1.82, 2.24) is 9.94 Å². The van der Waals surface area contributed by atoms with Crippen LogP contribution in [0, 0.1) is 0 Å². The average molecular weight is 318 g/mol. The second-order valence-electron chi connectivity index (χ2n) is 2.57. The zero-order valence-corrected chi connectivity index (χ0v) is 10.2. The number of nitrogens with zero attached hydrogens (tertiary/aromatic N) is 2. The molecule has 2 rings (SSSR count). The van der Waals surface area contributed by atoms with Crippen molar-refractivity contribution in [3.63, 3.8) is 0 Å². The van der Waals surface area contributed by atoms with E-state index >= 15 is 0 Å². The van der Waals surface area contributed by atoms with Gasteiger partial charge < -0.3 is 4.84 Å². The quantitative estimate of drug-likeness (QED) is 0.850. The van der Waals surface area contributed by atoms with Crippen LogP contribution in [0.2, 0.25) is 0 Å². The lowest BCUT2D eigenvalue weighted by molar-refractivity contribution is 0.177. The summed E-state index contributed by atoms with van der Waals surface area (Å²) in [5.41, 5.74) is 0. The molecule has 1 heterocycles. The van der Waals surface area contributed by atoms with Gasteiger partial charge >= 0.3 is 0 Å². The second kappa shape index (κ2) is 4.14. The van der Waals surface area contributed by atoms with Crippen molar-refractivity contribution in [3.05, 3.63) is 45.6 Å². The Hall–Kier alpha value is -0.810. The summed E-state index contributed by atoms with van der Waals surface area (Å²) in [5.74, 6) is 0.711. The van der Waals surface area contributed by atoms with Gasteiger partial charge in [0.2, 0.25) is 0 Å². The van der Waals surface area contributed by atoms with Crippen molar-refractivity contribution in [2.24, 2.45) is 0 Å². The molecule has 0 fully saturated rings. The Morgan fingerprint density at radius 2 is 2.14 bits per heavy atom. The number of hydrogen-bond donors (Lipinski definition) is 0. The van der Waals surface area contributed by atoms with Crippen molar-refractivity contribution in [2.75, 3.05) is 0 Å². The number of rotatable bonds is 2. The number of hydrogen-bond acceptors (Lipinski definition) is 2. The molecule has 14 heavy (non-hydrogen) atoms. The smallest absolute Gasteiger partial charge is 0.173 e. The highest BCUT2D eigenvalue weighted by molar-refractivity contribution is 9.11. The first-order chi connectivity index (χ1) is 6.75. The maximum Gasteiger partial charge on any atom is 0.173 e. The molecule has 3 nitrogen and oxygen atoms in total. The third-order valence-electron chi connectivity index (χ3n) is 1.57. The molecule has 2 aromatic rings. The average Bonchev–Trinajstić information content (AvgIpc) is 2.64. The lowest BCUT2D eigenvalue weighted by Gasteiger charge is -2.06. The lowest BCUT2D eigenvalue weighted by Crippen LogP contribution is -2.05. The van der Waals surface area contributed by atoms with Gasteiger partial charge in [0.15, 0.2) is 5.75 Å². The minimum absolute atomic E-state index is 0.711. The molecule has 0 unspecified atom stereocenters. The summed E-state index contributed by atoms with van der Waals surface area (Å²) < 4.78 is 1.85. The van der Waals surface area contributed by atoms with E-state index in [2.05, 4.69) is 37.0 Å². The maximum absolute atomic E-state index is 5.46. The summed E-state index contributed by atoms with van der Waals surface area (Å²) in [6.07, 6.45) is 3.39. The molecule has 0 amide bonds. The van der Waals surface area contributed by atoms with Gasteiger partial charge in [-0.2, -0.15) is 0 Å². The molecule has 0 aliphatic carbocycles. The molecule has 0 N–H and O–H groups in total. The number of aromatic nitrogens is 2. The Morgan fingerprint density at radius 1 is 1.29 bits per heavy atom. The standard InChI is InChI=1S/C9H6Br2N2O/c10-7-2-3-8(11)9(6-7)14-13-5-1-4-12-13/h1-6H. The van der Waals surface area contributed by atoms with E-state index in [1.165, 1.54) is 4.85 Å². The van der Waals surface area contributed by atoms with Gasteiger partial charge in [0.25, 0.3) is 0 Å². The third-order valence-corrected chi connectivity index (χ3v) is 2.71. The van der Waals surface area contributed by atoms with Crippen molar-refractivity contribution in [1.29, 1.82) is 0 Å². The minimum atomic E-state index is 0.711. The van der Waals surface area contributed by atoms with E-state index in [1.807, 2.05) is 18.2 Å². The molecule has 72 valence electrons. The molecule has 1 aromatic heterocycles. The molecular formula is C9H6Br2N2O. The van der Waals surface area contributed by atoms with Gasteiger partial charge in [-0.15, -0.1) is 9.94 Å². The van der Waals surface area contributed by atoms with E-state index in [9.17, 15) is 0 Å². The molecular weight excluding hydrogens is 312 g/mol. The van der Waals surface area contributed by atoms with Crippen LogP contribution in [-0.2, 0) is 0 Å². The summed E-state index contributed by atoms with van der Waals surface area (Å²) >= 11 is 6.76. The van der Waals surface area contributed by atoms with Gasteiger partial charge in [0.05, 0.1) is 16.9 Å². The molecule has 0 saturated carbocycles. The Balaban J connectivity index is 2.28. The second-order valence-corrected chi connectivity index (χ2v) is 4.34. The summed E-state index contributed by atoms with van der Waals surface area (Å²) in [6.45, 7) is 0. The van der Waals surface area contributed by atoms with E-state index < -0.39 is 0 Å². The Bertz CT molecular complexity index is 428. The monoisotopic (exact) mass is 316 g/mol. The summed E-state index contributed by atoms with van der Waals surface area (Å²) in [5, 5.41) is 3.94. The van der Waals surface area contributed by atoms with Crippen LogP contribution in [0.1, 0.15) is 0 Å². The molecule has 0 spiro atoms. The van der Waals surface area contributed by atoms with Crippen LogP contribution >= 0.6 is 31.9 Å². The number of halogens is 2. The first kappa shape index (κ1) is 9.73. The Kier molecular flexibility index (Phi) is 2.88. The number of benzene rings is 1. The van der Waals surface area contributed by atoms with E-state index in [1.54, 1.807) is 18.5 Å². The fourth-order valence-electron chi connectivity index (χ4n) is 0.957. The molecule has 1 aromatic carbocycles. The largest absolute Gasteiger partial charge is 0.357 e. The van der Waals surface area contributed by atoms with Crippen LogP contribution in [0.15, 0.2) is 45.6 Å². The minimum Gasteiger partial charge on any atom is -0.357 e. The normalized spacial score (nSPS) is 10.1. The van der Waals surface area contributed by atoms with Gasteiger partial charge in [-0.1, -0.05) is 15.9 Å². The Morgan fingerprint density at radius 3 is 2.86 bits per heavy atom. The van der Waals surface area contributed by atoms with Gasteiger partial charge in [-0.05, 0) is 40.2 Å². The third kappa shape index (κ3) is 2.16. The van der Waals surface area contributed by atoms with E-state index in [4.69, 9.17) is 4.84 Å². The van der Waals surface area contributed by atoms with Crippen LogP contribution in [0.5, 0.6) is 5.75 Å². The van der Waals surface area contributed by atoms with Crippen LogP contribution in [0.25, 0.3) is 0 Å². The van der Waals surface area contributed by atoms with Gasteiger partial charge in [0, 0.05) is 4.47 Å². The highest BCUT2D eigenvalue weighted by Gasteiger charge is 2.02. The maximum atomic E-state index is 5.46. The SMILES string of the molecule is Brc1ccc(Br)c(On2cccn2)c1. The molecule has 5 heteroatoms. The molecule has 0 aliphatic rings. The highest BCUT2D eigenvalue weighted by Crippen LogP contribution is 2.28. The van der Waals surface area contributed by atoms with Crippen LogP contribution in [0.3, 0.4) is 0 Å². The molecule has 0 radical (unpaired) electrons. The summed E-state index contributed by atoms with van der Waals surface area (Å²) in [6, 6.07) is 7.50. The predicted octanol–water partition coefficient (Wildman–Crippen LogP) is 3.25.